The molecule has 1 heterocycles. The van der Waals surface area contributed by atoms with Crippen LogP contribution in [-0.2, 0) is 11.2 Å². The van der Waals surface area contributed by atoms with Gasteiger partial charge in [-0.2, -0.15) is 0 Å². The molecule has 0 saturated carbocycles. The number of nitrogens with one attached hydrogen (secondary N) is 2. The summed E-state index contributed by atoms with van der Waals surface area (Å²) < 4.78 is 0. The minimum atomic E-state index is -0.437. The molecule has 1 aliphatic rings. The Morgan fingerprint density at radius 1 is 1.37 bits per heavy atom. The molecule has 1 aromatic rings. The fourth-order valence-electron chi connectivity index (χ4n) is 2.03. The lowest BCUT2D eigenvalue weighted by Crippen LogP contribution is -2.35. The zero-order chi connectivity index (χ0) is 13.0. The molecule has 1 amide bonds. The lowest BCUT2D eigenvalue weighted by Gasteiger charge is -2.11. The van der Waals surface area contributed by atoms with Crippen LogP contribution in [0.5, 0.6) is 0 Å². The molecule has 4 N–H and O–H groups in total. The van der Waals surface area contributed by atoms with E-state index in [0.29, 0.717) is 19.4 Å². The molecular weight excluding hydrogens is 268 g/mol. The van der Waals surface area contributed by atoms with Crippen molar-refractivity contribution in [3.05, 3.63) is 29.8 Å². The van der Waals surface area contributed by atoms with Gasteiger partial charge in [0.15, 0.2) is 0 Å². The van der Waals surface area contributed by atoms with Crippen molar-refractivity contribution in [1.29, 1.82) is 0 Å². The molecule has 2 atom stereocenters. The number of hydrogen-bond donors (Lipinski definition) is 4. The molecular formula is C13H19ClN2O3. The first-order valence-corrected chi connectivity index (χ1v) is 6.11. The van der Waals surface area contributed by atoms with E-state index in [-0.39, 0.29) is 31.0 Å². The number of benzene rings is 1. The molecule has 2 rings (SSSR count). The maximum absolute atomic E-state index is 11.8. The van der Waals surface area contributed by atoms with E-state index in [1.165, 1.54) is 0 Å². The Labute approximate surface area is 118 Å². The summed E-state index contributed by atoms with van der Waals surface area (Å²) in [5.41, 5.74) is 1.76. The van der Waals surface area contributed by atoms with Gasteiger partial charge in [-0.25, -0.2) is 0 Å². The van der Waals surface area contributed by atoms with Crippen molar-refractivity contribution >= 4 is 24.0 Å². The largest absolute Gasteiger partial charge is 0.396 e. The quantitative estimate of drug-likeness (QED) is 0.642. The van der Waals surface area contributed by atoms with Gasteiger partial charge in [-0.1, -0.05) is 12.1 Å². The van der Waals surface area contributed by atoms with Crippen molar-refractivity contribution in [2.45, 2.75) is 25.0 Å². The molecule has 106 valence electrons. The molecule has 6 heteroatoms. The predicted octanol–water partition coefficient (Wildman–Crippen LogP) is 0.304. The summed E-state index contributed by atoms with van der Waals surface area (Å²) in [6.45, 7) is 0.586. The number of anilines is 1. The van der Waals surface area contributed by atoms with Gasteiger partial charge in [0.25, 0.3) is 0 Å². The second kappa shape index (κ2) is 7.45. The van der Waals surface area contributed by atoms with Gasteiger partial charge in [-0.3, -0.25) is 4.79 Å². The number of carbonyl (C=O) groups excluding carboxylic acids is 1. The number of halogens is 1. The van der Waals surface area contributed by atoms with Gasteiger partial charge in [0.2, 0.25) is 5.91 Å². The van der Waals surface area contributed by atoms with E-state index in [0.717, 1.165) is 11.3 Å². The summed E-state index contributed by atoms with van der Waals surface area (Å²) in [7, 11) is 0. The van der Waals surface area contributed by atoms with Gasteiger partial charge in [0.1, 0.15) is 0 Å². The van der Waals surface area contributed by atoms with Crippen molar-refractivity contribution in [3.8, 4) is 0 Å². The third kappa shape index (κ3) is 4.47. The molecule has 0 aliphatic carbocycles. The van der Waals surface area contributed by atoms with Crippen LogP contribution >= 0.6 is 12.4 Å². The highest BCUT2D eigenvalue weighted by Crippen LogP contribution is 2.13. The molecule has 0 aromatic heterocycles. The van der Waals surface area contributed by atoms with Crippen molar-refractivity contribution < 1.29 is 15.0 Å². The zero-order valence-corrected chi connectivity index (χ0v) is 11.3. The van der Waals surface area contributed by atoms with Crippen LogP contribution in [0.3, 0.4) is 0 Å². The van der Waals surface area contributed by atoms with E-state index in [2.05, 4.69) is 10.6 Å². The van der Waals surface area contributed by atoms with Gasteiger partial charge >= 0.3 is 0 Å². The number of aliphatic hydroxyl groups excluding tert-OH is 2. The molecule has 1 saturated heterocycles. The van der Waals surface area contributed by atoms with Crippen LogP contribution in [0.4, 0.5) is 5.69 Å². The number of amides is 1. The van der Waals surface area contributed by atoms with Crippen molar-refractivity contribution in [1.82, 2.24) is 5.32 Å². The number of β-amino-alcohol motifs (C(OH)–C–C–N with tert-alkyl or cyclic N) is 1. The van der Waals surface area contributed by atoms with Crippen molar-refractivity contribution in [3.63, 3.8) is 0 Å². The highest BCUT2D eigenvalue weighted by atomic mass is 35.5. The molecule has 19 heavy (non-hydrogen) atoms. The first-order chi connectivity index (χ1) is 8.69. The van der Waals surface area contributed by atoms with Gasteiger partial charge in [0.05, 0.1) is 12.1 Å². The van der Waals surface area contributed by atoms with E-state index >= 15 is 0 Å². The highest BCUT2D eigenvalue weighted by Gasteiger charge is 2.27. The van der Waals surface area contributed by atoms with Crippen LogP contribution in [0.2, 0.25) is 0 Å². The number of hydrogen-bond acceptors (Lipinski definition) is 4. The minimum absolute atomic E-state index is 0. The number of aliphatic hydroxyl groups is 2. The summed E-state index contributed by atoms with van der Waals surface area (Å²) in [4.78, 5) is 11.8. The zero-order valence-electron chi connectivity index (χ0n) is 10.5. The van der Waals surface area contributed by atoms with Crippen LogP contribution in [0.1, 0.15) is 12.0 Å². The second-order valence-corrected chi connectivity index (χ2v) is 4.51. The first kappa shape index (κ1) is 15.9. The molecule has 2 unspecified atom stereocenters. The molecule has 1 aromatic carbocycles. The monoisotopic (exact) mass is 286 g/mol. The fourth-order valence-corrected chi connectivity index (χ4v) is 2.03. The van der Waals surface area contributed by atoms with Crippen LogP contribution in [-0.4, -0.2) is 41.4 Å². The van der Waals surface area contributed by atoms with Crippen LogP contribution in [0.15, 0.2) is 24.3 Å². The van der Waals surface area contributed by atoms with Crippen molar-refractivity contribution in [2.24, 2.45) is 0 Å². The van der Waals surface area contributed by atoms with E-state index < -0.39 is 6.10 Å². The lowest BCUT2D eigenvalue weighted by atomic mass is 10.1. The van der Waals surface area contributed by atoms with Crippen LogP contribution in [0.25, 0.3) is 0 Å². The average Bonchev–Trinajstić information content (AvgIpc) is 2.79. The molecule has 1 fully saturated rings. The third-order valence-electron chi connectivity index (χ3n) is 3.05. The minimum Gasteiger partial charge on any atom is -0.396 e. The van der Waals surface area contributed by atoms with Gasteiger partial charge in [0, 0.05) is 18.8 Å². The maximum atomic E-state index is 11.8. The summed E-state index contributed by atoms with van der Waals surface area (Å²) >= 11 is 0. The molecule has 0 radical (unpaired) electrons. The highest BCUT2D eigenvalue weighted by molar-refractivity contribution is 5.95. The summed E-state index contributed by atoms with van der Waals surface area (Å²) in [6.07, 6.45) is 0.631. The van der Waals surface area contributed by atoms with Gasteiger partial charge < -0.3 is 20.8 Å². The summed E-state index contributed by atoms with van der Waals surface area (Å²) in [6, 6.07) is 7.06. The van der Waals surface area contributed by atoms with E-state index in [9.17, 15) is 9.90 Å². The van der Waals surface area contributed by atoms with Crippen molar-refractivity contribution in [2.75, 3.05) is 18.5 Å². The molecule has 5 nitrogen and oxygen atoms in total. The SMILES string of the molecule is Cl.O=C(Nc1ccc(CCO)cc1)C1CC(O)CN1. The Bertz CT molecular complexity index is 411. The molecule has 1 aliphatic heterocycles. The number of rotatable bonds is 4. The Hall–Kier alpha value is -1.14. The first-order valence-electron chi connectivity index (χ1n) is 6.11. The Balaban J connectivity index is 0.00000180. The van der Waals surface area contributed by atoms with E-state index in [1.54, 1.807) is 0 Å². The summed E-state index contributed by atoms with van der Waals surface area (Å²) in [5.74, 6) is -0.124. The fraction of sp³-hybridized carbons (Fsp3) is 0.462. The lowest BCUT2D eigenvalue weighted by molar-refractivity contribution is -0.117. The summed E-state index contributed by atoms with van der Waals surface area (Å²) in [5, 5.41) is 23.9. The third-order valence-corrected chi connectivity index (χ3v) is 3.05. The standard InChI is InChI=1S/C13H18N2O3.ClH/c16-6-5-9-1-3-10(4-2-9)15-13(18)12-7-11(17)8-14-12;/h1-4,11-12,14,16-17H,5-8H2,(H,15,18);1H. The Morgan fingerprint density at radius 2 is 2.05 bits per heavy atom. The average molecular weight is 287 g/mol. The van der Waals surface area contributed by atoms with Crippen LogP contribution in [0, 0.1) is 0 Å². The second-order valence-electron chi connectivity index (χ2n) is 4.51. The van der Waals surface area contributed by atoms with E-state index in [1.807, 2.05) is 24.3 Å². The van der Waals surface area contributed by atoms with Gasteiger partial charge in [-0.05, 0) is 30.5 Å². The number of carbonyl (C=O) groups is 1. The Morgan fingerprint density at radius 3 is 2.58 bits per heavy atom. The normalized spacial score (nSPS) is 21.8. The Kier molecular flexibility index (Phi) is 6.24. The van der Waals surface area contributed by atoms with Crippen LogP contribution < -0.4 is 10.6 Å². The molecule has 0 bridgehead atoms. The van der Waals surface area contributed by atoms with E-state index in [4.69, 9.17) is 5.11 Å². The maximum Gasteiger partial charge on any atom is 0.241 e. The topological polar surface area (TPSA) is 81.6 Å². The smallest absolute Gasteiger partial charge is 0.241 e. The predicted molar refractivity (Wildman–Crippen MR) is 75.5 cm³/mol. The van der Waals surface area contributed by atoms with Gasteiger partial charge in [-0.15, -0.1) is 12.4 Å². The molecule has 0 spiro atoms.